The first-order chi connectivity index (χ1) is 7.20. The summed E-state index contributed by atoms with van der Waals surface area (Å²) in [6.45, 7) is 2.18. The van der Waals surface area contributed by atoms with Crippen molar-refractivity contribution in [3.8, 4) is 0 Å². The van der Waals surface area contributed by atoms with Crippen molar-refractivity contribution in [2.24, 2.45) is 0 Å². The highest BCUT2D eigenvalue weighted by Crippen LogP contribution is 2.24. The van der Waals surface area contributed by atoms with Gasteiger partial charge < -0.3 is 11.5 Å². The molecule has 4 N–H and O–H groups in total. The molecule has 0 radical (unpaired) electrons. The van der Waals surface area contributed by atoms with Crippen LogP contribution in [0.15, 0.2) is 30.3 Å². The van der Waals surface area contributed by atoms with Crippen LogP contribution in [-0.2, 0) is 6.42 Å². The summed E-state index contributed by atoms with van der Waals surface area (Å²) in [6.07, 6.45) is 2.27. The molecule has 2 rings (SSSR count). The first kappa shape index (κ1) is 9.84. The first-order valence-corrected chi connectivity index (χ1v) is 5.28. The second kappa shape index (κ2) is 3.81. The summed E-state index contributed by atoms with van der Waals surface area (Å²) in [7, 11) is 0. The van der Waals surface area contributed by atoms with Crippen LogP contribution in [0.1, 0.15) is 18.9 Å². The Kier molecular flexibility index (Phi) is 2.50. The second-order valence-electron chi connectivity index (χ2n) is 3.91. The predicted octanol–water partition coefficient (Wildman–Crippen LogP) is 2.96. The molecule has 2 aromatic rings. The third kappa shape index (κ3) is 1.89. The summed E-state index contributed by atoms with van der Waals surface area (Å²) < 4.78 is 0. The fourth-order valence-electron chi connectivity index (χ4n) is 1.83. The zero-order valence-corrected chi connectivity index (χ0v) is 8.96. The van der Waals surface area contributed by atoms with Gasteiger partial charge in [-0.25, -0.2) is 0 Å². The number of hydrogen-bond acceptors (Lipinski definition) is 2. The lowest BCUT2D eigenvalue weighted by atomic mass is 10.0. The van der Waals surface area contributed by atoms with Crippen LogP contribution in [0.2, 0.25) is 0 Å². The molecule has 78 valence electrons. The average Bonchev–Trinajstić information content (AvgIpc) is 2.21. The summed E-state index contributed by atoms with van der Waals surface area (Å²) in [5, 5.41) is 2.33. The van der Waals surface area contributed by atoms with Gasteiger partial charge >= 0.3 is 0 Å². The maximum atomic E-state index is 5.78. The fourth-order valence-corrected chi connectivity index (χ4v) is 1.83. The minimum atomic E-state index is 0.658. The molecule has 0 amide bonds. The molecule has 0 saturated heterocycles. The Hall–Kier alpha value is -1.70. The quantitative estimate of drug-likeness (QED) is 0.732. The van der Waals surface area contributed by atoms with Gasteiger partial charge in [-0.3, -0.25) is 0 Å². The van der Waals surface area contributed by atoms with Crippen molar-refractivity contribution in [2.75, 3.05) is 11.5 Å². The molecule has 0 saturated carbocycles. The van der Waals surface area contributed by atoms with Crippen LogP contribution in [0.25, 0.3) is 10.8 Å². The highest BCUT2D eigenvalue weighted by molar-refractivity contribution is 5.91. The average molecular weight is 200 g/mol. The molecule has 2 aromatic carbocycles. The van der Waals surface area contributed by atoms with Crippen LogP contribution >= 0.6 is 0 Å². The smallest absolute Gasteiger partial charge is 0.0554 e. The summed E-state index contributed by atoms with van der Waals surface area (Å²) in [5.41, 5.74) is 14.2. The number of benzene rings is 2. The Morgan fingerprint density at radius 1 is 0.933 bits per heavy atom. The summed E-state index contributed by atoms with van der Waals surface area (Å²) in [5.74, 6) is 0. The molecule has 2 nitrogen and oxygen atoms in total. The minimum absolute atomic E-state index is 0.658. The Balaban J connectivity index is 2.56. The van der Waals surface area contributed by atoms with Crippen molar-refractivity contribution in [1.29, 1.82) is 0 Å². The zero-order chi connectivity index (χ0) is 10.8. The molecule has 0 bridgehead atoms. The molecule has 0 spiro atoms. The van der Waals surface area contributed by atoms with Crippen LogP contribution in [0.5, 0.6) is 0 Å². The molecule has 2 heteroatoms. The van der Waals surface area contributed by atoms with Gasteiger partial charge in [0.15, 0.2) is 0 Å². The third-order valence-corrected chi connectivity index (χ3v) is 2.65. The molecular formula is C13H16N2. The number of nitrogen functional groups attached to an aromatic ring is 2. The van der Waals surface area contributed by atoms with Crippen molar-refractivity contribution in [2.45, 2.75) is 19.8 Å². The number of fused-ring (bicyclic) bond motifs is 1. The molecule has 0 unspecified atom stereocenters. The lowest BCUT2D eigenvalue weighted by Gasteiger charge is -2.05. The lowest BCUT2D eigenvalue weighted by Crippen LogP contribution is -1.94. The van der Waals surface area contributed by atoms with E-state index in [0.29, 0.717) is 11.4 Å². The van der Waals surface area contributed by atoms with E-state index in [1.165, 1.54) is 10.9 Å². The van der Waals surface area contributed by atoms with Gasteiger partial charge in [0.1, 0.15) is 0 Å². The molecule has 0 aliphatic carbocycles. The topological polar surface area (TPSA) is 52.0 Å². The van der Waals surface area contributed by atoms with Crippen molar-refractivity contribution in [3.05, 3.63) is 35.9 Å². The maximum absolute atomic E-state index is 5.78. The normalized spacial score (nSPS) is 10.7. The molecule has 0 atom stereocenters. The first-order valence-electron chi connectivity index (χ1n) is 5.28. The standard InChI is InChI=1S/C13H16N2/c1-2-3-9-4-5-10-7-12(14)13(15)8-11(10)6-9/h4-8H,2-3,14-15H2,1H3. The van der Waals surface area contributed by atoms with E-state index in [1.807, 2.05) is 12.1 Å². The van der Waals surface area contributed by atoms with Gasteiger partial charge in [-0.2, -0.15) is 0 Å². The Morgan fingerprint density at radius 3 is 2.27 bits per heavy atom. The highest BCUT2D eigenvalue weighted by Gasteiger charge is 2.00. The van der Waals surface area contributed by atoms with Gasteiger partial charge in [-0.05, 0) is 34.9 Å². The number of anilines is 2. The van der Waals surface area contributed by atoms with Crippen LogP contribution in [0, 0.1) is 0 Å². The Labute approximate surface area is 89.9 Å². The maximum Gasteiger partial charge on any atom is 0.0554 e. The van der Waals surface area contributed by atoms with Crippen LogP contribution in [0.4, 0.5) is 11.4 Å². The van der Waals surface area contributed by atoms with Gasteiger partial charge in [-0.15, -0.1) is 0 Å². The van der Waals surface area contributed by atoms with Crippen molar-refractivity contribution >= 4 is 22.1 Å². The largest absolute Gasteiger partial charge is 0.397 e. The number of nitrogens with two attached hydrogens (primary N) is 2. The third-order valence-electron chi connectivity index (χ3n) is 2.65. The number of aryl methyl sites for hydroxylation is 1. The summed E-state index contributed by atoms with van der Waals surface area (Å²) >= 11 is 0. The minimum Gasteiger partial charge on any atom is -0.397 e. The predicted molar refractivity (Wildman–Crippen MR) is 66.8 cm³/mol. The van der Waals surface area contributed by atoms with E-state index in [0.717, 1.165) is 18.2 Å². The van der Waals surface area contributed by atoms with Crippen LogP contribution in [-0.4, -0.2) is 0 Å². The summed E-state index contributed by atoms with van der Waals surface area (Å²) in [6, 6.07) is 10.3. The summed E-state index contributed by atoms with van der Waals surface area (Å²) in [4.78, 5) is 0. The Bertz CT molecular complexity index is 489. The highest BCUT2D eigenvalue weighted by atomic mass is 14.7. The SMILES string of the molecule is CCCc1ccc2cc(N)c(N)cc2c1. The van der Waals surface area contributed by atoms with Gasteiger partial charge in [0, 0.05) is 0 Å². The van der Waals surface area contributed by atoms with E-state index >= 15 is 0 Å². The zero-order valence-electron chi connectivity index (χ0n) is 8.96. The van der Waals surface area contributed by atoms with Crippen molar-refractivity contribution in [1.82, 2.24) is 0 Å². The van der Waals surface area contributed by atoms with E-state index in [2.05, 4.69) is 25.1 Å². The number of rotatable bonds is 2. The van der Waals surface area contributed by atoms with E-state index in [1.54, 1.807) is 0 Å². The molecule has 0 fully saturated rings. The van der Waals surface area contributed by atoms with Gasteiger partial charge in [0.2, 0.25) is 0 Å². The molecule has 0 heterocycles. The van der Waals surface area contributed by atoms with E-state index in [4.69, 9.17) is 11.5 Å². The van der Waals surface area contributed by atoms with Crippen LogP contribution < -0.4 is 11.5 Å². The fraction of sp³-hybridized carbons (Fsp3) is 0.231. The molecular weight excluding hydrogens is 184 g/mol. The van der Waals surface area contributed by atoms with Crippen molar-refractivity contribution < 1.29 is 0 Å². The van der Waals surface area contributed by atoms with Gasteiger partial charge in [0.25, 0.3) is 0 Å². The molecule has 0 aliphatic heterocycles. The van der Waals surface area contributed by atoms with Crippen LogP contribution in [0.3, 0.4) is 0 Å². The van der Waals surface area contributed by atoms with Crippen molar-refractivity contribution in [3.63, 3.8) is 0 Å². The number of hydrogen-bond donors (Lipinski definition) is 2. The lowest BCUT2D eigenvalue weighted by molar-refractivity contribution is 0.924. The Morgan fingerprint density at radius 2 is 1.60 bits per heavy atom. The molecule has 0 aromatic heterocycles. The van der Waals surface area contributed by atoms with E-state index in [-0.39, 0.29) is 0 Å². The van der Waals surface area contributed by atoms with E-state index in [9.17, 15) is 0 Å². The van der Waals surface area contributed by atoms with Gasteiger partial charge in [0.05, 0.1) is 11.4 Å². The van der Waals surface area contributed by atoms with E-state index < -0.39 is 0 Å². The molecule has 0 aliphatic rings. The van der Waals surface area contributed by atoms with Gasteiger partial charge in [-0.1, -0.05) is 31.5 Å². The molecule has 15 heavy (non-hydrogen) atoms. The monoisotopic (exact) mass is 200 g/mol. The second-order valence-corrected chi connectivity index (χ2v) is 3.91.